The van der Waals surface area contributed by atoms with E-state index >= 15 is 0 Å². The second-order valence-electron chi connectivity index (χ2n) is 5.51. The number of thiophene rings is 1. The Kier molecular flexibility index (Phi) is 6.30. The first kappa shape index (κ1) is 17.3. The maximum absolute atomic E-state index is 8.10. The van der Waals surface area contributed by atoms with Crippen molar-refractivity contribution in [3.8, 4) is 0 Å². The van der Waals surface area contributed by atoms with Crippen LogP contribution in [0.15, 0.2) is 35.7 Å². The highest BCUT2D eigenvalue weighted by Crippen LogP contribution is 2.37. The Labute approximate surface area is 146 Å². The average molecular weight is 355 g/mol. The Morgan fingerprint density at radius 1 is 1.27 bits per heavy atom. The van der Waals surface area contributed by atoms with Crippen LogP contribution in [0.5, 0.6) is 0 Å². The van der Waals surface area contributed by atoms with E-state index in [1.54, 1.807) is 11.3 Å². The Hall–Kier alpha value is -1.03. The third-order valence-electron chi connectivity index (χ3n) is 4.12. The van der Waals surface area contributed by atoms with Crippen LogP contribution in [0.2, 0.25) is 0 Å². The molecule has 1 aliphatic carbocycles. The summed E-state index contributed by atoms with van der Waals surface area (Å²) in [6.07, 6.45) is 5.22. The zero-order valence-corrected chi connectivity index (χ0v) is 14.7. The van der Waals surface area contributed by atoms with Gasteiger partial charge in [-0.25, -0.2) is 0 Å². The maximum Gasteiger partial charge on any atom is 0.140 e. The van der Waals surface area contributed by atoms with E-state index < -0.39 is 0 Å². The van der Waals surface area contributed by atoms with Crippen molar-refractivity contribution in [2.24, 2.45) is 0 Å². The van der Waals surface area contributed by atoms with Crippen molar-refractivity contribution in [1.29, 1.82) is 5.41 Å². The van der Waals surface area contributed by atoms with Crippen molar-refractivity contribution in [3.63, 3.8) is 0 Å². The highest BCUT2D eigenvalue weighted by atomic mass is 35.5. The Morgan fingerprint density at radius 2 is 2.05 bits per heavy atom. The quantitative estimate of drug-likeness (QED) is 0.394. The first-order valence-corrected chi connectivity index (χ1v) is 8.77. The van der Waals surface area contributed by atoms with E-state index in [-0.39, 0.29) is 12.4 Å². The summed E-state index contributed by atoms with van der Waals surface area (Å²) < 4.78 is 0. The number of benzene rings is 1. The van der Waals surface area contributed by atoms with Crippen molar-refractivity contribution in [3.05, 3.63) is 51.7 Å². The normalized spacial score (nSPS) is 14.6. The van der Waals surface area contributed by atoms with Crippen molar-refractivity contribution in [1.82, 2.24) is 0 Å². The summed E-state index contributed by atoms with van der Waals surface area (Å²) >= 11 is 7.71. The molecule has 22 heavy (non-hydrogen) atoms. The van der Waals surface area contributed by atoms with Gasteiger partial charge >= 0.3 is 0 Å². The average Bonchev–Trinajstić information content (AvgIpc) is 3.20. The van der Waals surface area contributed by atoms with E-state index in [9.17, 15) is 0 Å². The molecule has 3 rings (SSSR count). The molecular weight excluding hydrogens is 335 g/mol. The fraction of sp³-hybridized carbons (Fsp3) is 0.353. The Morgan fingerprint density at radius 3 is 2.68 bits per heavy atom. The van der Waals surface area contributed by atoms with Gasteiger partial charge in [0.1, 0.15) is 5.84 Å². The van der Waals surface area contributed by atoms with Crippen molar-refractivity contribution in [2.45, 2.75) is 37.5 Å². The Balaban J connectivity index is 0.00000176. The predicted octanol–water partition coefficient (Wildman–Crippen LogP) is 6.00. The smallest absolute Gasteiger partial charge is 0.140 e. The Bertz CT molecular complexity index is 620. The molecule has 118 valence electrons. The lowest BCUT2D eigenvalue weighted by Gasteiger charge is -2.16. The monoisotopic (exact) mass is 354 g/mol. The molecular formula is C17H20Cl2N2S. The minimum atomic E-state index is 0. The van der Waals surface area contributed by atoms with Gasteiger partial charge in [-0.15, -0.1) is 35.3 Å². The summed E-state index contributed by atoms with van der Waals surface area (Å²) in [5, 5.41) is 13.3. The van der Waals surface area contributed by atoms with Crippen molar-refractivity contribution >= 4 is 46.9 Å². The summed E-state index contributed by atoms with van der Waals surface area (Å²) in [6.45, 7) is 0. The number of halogens is 2. The van der Waals surface area contributed by atoms with Crippen LogP contribution in [0.25, 0.3) is 0 Å². The molecule has 0 spiro atoms. The highest BCUT2D eigenvalue weighted by Gasteiger charge is 2.19. The van der Waals surface area contributed by atoms with E-state index in [2.05, 4.69) is 23.5 Å². The highest BCUT2D eigenvalue weighted by molar-refractivity contribution is 7.12. The van der Waals surface area contributed by atoms with Gasteiger partial charge in [0.25, 0.3) is 0 Å². The minimum Gasteiger partial charge on any atom is -0.340 e. The summed E-state index contributed by atoms with van der Waals surface area (Å²) in [5.74, 6) is 1.65. The van der Waals surface area contributed by atoms with Gasteiger partial charge in [0, 0.05) is 11.6 Å². The lowest BCUT2D eigenvalue weighted by Crippen LogP contribution is -2.11. The van der Waals surface area contributed by atoms with Crippen LogP contribution in [-0.2, 0) is 5.88 Å². The van der Waals surface area contributed by atoms with Gasteiger partial charge in [0.2, 0.25) is 0 Å². The topological polar surface area (TPSA) is 35.9 Å². The molecule has 2 nitrogen and oxygen atoms in total. The number of amidine groups is 1. The lowest BCUT2D eigenvalue weighted by atomic mass is 9.93. The van der Waals surface area contributed by atoms with E-state index in [0.717, 1.165) is 10.6 Å². The number of nitrogens with one attached hydrogen (secondary N) is 2. The largest absolute Gasteiger partial charge is 0.340 e. The molecule has 0 aliphatic heterocycles. The molecule has 0 bridgehead atoms. The number of alkyl halides is 1. The van der Waals surface area contributed by atoms with Crippen LogP contribution < -0.4 is 5.32 Å². The van der Waals surface area contributed by atoms with Crippen LogP contribution >= 0.6 is 35.3 Å². The molecule has 0 atom stereocenters. The van der Waals surface area contributed by atoms with Gasteiger partial charge < -0.3 is 5.32 Å². The van der Waals surface area contributed by atoms with Gasteiger partial charge in [0.15, 0.2) is 0 Å². The van der Waals surface area contributed by atoms with Gasteiger partial charge in [-0.3, -0.25) is 5.41 Å². The van der Waals surface area contributed by atoms with Crippen molar-refractivity contribution in [2.75, 3.05) is 5.32 Å². The fourth-order valence-electron chi connectivity index (χ4n) is 3.06. The van der Waals surface area contributed by atoms with Crippen LogP contribution in [0, 0.1) is 5.41 Å². The molecule has 1 aromatic heterocycles. The molecule has 1 aromatic carbocycles. The van der Waals surface area contributed by atoms with Crippen LogP contribution in [-0.4, -0.2) is 5.84 Å². The van der Waals surface area contributed by atoms with E-state index in [0.29, 0.717) is 17.6 Å². The molecule has 1 saturated carbocycles. The van der Waals surface area contributed by atoms with Gasteiger partial charge in [-0.2, -0.15) is 0 Å². The molecule has 2 aromatic rings. The van der Waals surface area contributed by atoms with Crippen molar-refractivity contribution < 1.29 is 0 Å². The molecule has 2 N–H and O–H groups in total. The first-order valence-electron chi connectivity index (χ1n) is 7.36. The number of anilines is 1. The van der Waals surface area contributed by atoms with Gasteiger partial charge in [0.05, 0.1) is 4.88 Å². The first-order chi connectivity index (χ1) is 10.3. The summed E-state index contributed by atoms with van der Waals surface area (Å²) in [6, 6.07) is 10.3. The third-order valence-corrected chi connectivity index (χ3v) is 5.29. The van der Waals surface area contributed by atoms with Crippen LogP contribution in [0.3, 0.4) is 0 Å². The molecule has 1 fully saturated rings. The summed E-state index contributed by atoms with van der Waals surface area (Å²) in [4.78, 5) is 0.947. The fourth-order valence-corrected chi connectivity index (χ4v) is 3.92. The molecule has 1 heterocycles. The van der Waals surface area contributed by atoms with E-state index in [4.69, 9.17) is 17.0 Å². The lowest BCUT2D eigenvalue weighted by molar-refractivity contribution is 0.717. The molecule has 0 amide bonds. The number of hydrogen-bond donors (Lipinski definition) is 2. The van der Waals surface area contributed by atoms with Crippen LogP contribution in [0.4, 0.5) is 5.69 Å². The molecule has 0 unspecified atom stereocenters. The number of hydrogen-bond acceptors (Lipinski definition) is 2. The predicted molar refractivity (Wildman–Crippen MR) is 99.2 cm³/mol. The standard InChI is InChI=1S/C17H19ClN2S.ClH/c18-11-13-10-14(20-17(19)16-6-3-9-21-16)7-8-15(13)12-4-1-2-5-12;/h3,6-10,12H,1-2,4-5,11H2,(H2,19,20);1H. The van der Waals surface area contributed by atoms with E-state index in [1.165, 1.54) is 36.8 Å². The molecule has 0 saturated heterocycles. The molecule has 0 radical (unpaired) electrons. The van der Waals surface area contributed by atoms with E-state index in [1.807, 2.05) is 17.5 Å². The van der Waals surface area contributed by atoms with Gasteiger partial charge in [-0.05, 0) is 53.5 Å². The summed E-state index contributed by atoms with van der Waals surface area (Å²) in [5.41, 5.74) is 3.55. The molecule has 5 heteroatoms. The number of rotatable bonds is 4. The zero-order chi connectivity index (χ0) is 14.7. The van der Waals surface area contributed by atoms with Gasteiger partial charge in [-0.1, -0.05) is 25.0 Å². The SMILES string of the molecule is Cl.N=C(Nc1ccc(C2CCCC2)c(CCl)c1)c1cccs1. The third kappa shape index (κ3) is 3.83. The maximum atomic E-state index is 8.10. The molecule has 1 aliphatic rings. The second kappa shape index (κ2) is 8.00. The van der Waals surface area contributed by atoms with Crippen LogP contribution in [0.1, 0.15) is 47.6 Å². The minimum absolute atomic E-state index is 0. The zero-order valence-electron chi connectivity index (χ0n) is 12.3. The summed E-state index contributed by atoms with van der Waals surface area (Å²) in [7, 11) is 0. The second-order valence-corrected chi connectivity index (χ2v) is 6.72.